The standard InChI is InChI=1S/C26H31F3N6O3.2ClH/c1-7-38-21-10-16(12-31-23(21)36)22-30-13-20(15(2)32-22)34-24(37)33-17-8-9-18(19(11-17)26(27,28)29)25(3,4)14-35(5)6;;/h8-13H,7,14H2,1-6H3,(H,31,36)(H2,33,34,37);2*1H. The van der Waals surface area contributed by atoms with Gasteiger partial charge in [0, 0.05) is 29.4 Å². The molecule has 0 aliphatic heterocycles. The van der Waals surface area contributed by atoms with Crippen LogP contribution >= 0.6 is 24.8 Å². The van der Waals surface area contributed by atoms with Gasteiger partial charge in [-0.2, -0.15) is 13.2 Å². The Morgan fingerprint density at radius 1 is 1.10 bits per heavy atom. The zero-order chi connectivity index (χ0) is 28.3. The van der Waals surface area contributed by atoms with Crippen molar-refractivity contribution in [1.82, 2.24) is 19.9 Å². The predicted molar refractivity (Wildman–Crippen MR) is 154 cm³/mol. The molecule has 0 saturated heterocycles. The van der Waals surface area contributed by atoms with E-state index in [0.717, 1.165) is 6.07 Å². The molecular formula is C26H33Cl2F3N6O3. The van der Waals surface area contributed by atoms with Gasteiger partial charge in [-0.25, -0.2) is 14.8 Å². The number of rotatable bonds is 8. The lowest BCUT2D eigenvalue weighted by Crippen LogP contribution is -2.34. The largest absolute Gasteiger partial charge is 0.488 e. The van der Waals surface area contributed by atoms with E-state index in [-0.39, 0.29) is 58.9 Å². The highest BCUT2D eigenvalue weighted by Crippen LogP contribution is 2.39. The maximum atomic E-state index is 13.9. The lowest BCUT2D eigenvalue weighted by molar-refractivity contribution is -0.138. The molecule has 1 aromatic carbocycles. The quantitative estimate of drug-likeness (QED) is 0.296. The average Bonchev–Trinajstić information content (AvgIpc) is 2.80. The molecule has 2 heterocycles. The second-order valence-corrected chi connectivity index (χ2v) is 9.67. The Labute approximate surface area is 242 Å². The van der Waals surface area contributed by atoms with Crippen LogP contribution in [0.2, 0.25) is 0 Å². The fourth-order valence-electron chi connectivity index (χ4n) is 4.19. The number of amides is 2. The van der Waals surface area contributed by atoms with Crippen LogP contribution in [0.5, 0.6) is 5.75 Å². The molecule has 0 saturated carbocycles. The van der Waals surface area contributed by atoms with Gasteiger partial charge >= 0.3 is 12.2 Å². The van der Waals surface area contributed by atoms with E-state index in [9.17, 15) is 22.8 Å². The highest BCUT2D eigenvalue weighted by atomic mass is 35.5. The van der Waals surface area contributed by atoms with Crippen molar-refractivity contribution in [2.45, 2.75) is 39.3 Å². The van der Waals surface area contributed by atoms with Crippen LogP contribution in [0.4, 0.5) is 29.3 Å². The first kappa shape index (κ1) is 34.7. The van der Waals surface area contributed by atoms with Crippen LogP contribution in [-0.2, 0) is 11.6 Å². The fraction of sp³-hybridized carbons (Fsp3) is 0.385. The molecule has 220 valence electrons. The number of halogens is 5. The number of carbonyl (C=O) groups is 1. The summed E-state index contributed by atoms with van der Waals surface area (Å²) >= 11 is 0. The van der Waals surface area contributed by atoms with Crippen molar-refractivity contribution in [3.05, 3.63) is 63.8 Å². The van der Waals surface area contributed by atoms with E-state index < -0.39 is 23.2 Å². The summed E-state index contributed by atoms with van der Waals surface area (Å²) in [7, 11) is 3.60. The molecule has 9 nitrogen and oxygen atoms in total. The van der Waals surface area contributed by atoms with Gasteiger partial charge in [0.1, 0.15) is 0 Å². The molecule has 3 N–H and O–H groups in total. The molecule has 2 amide bonds. The van der Waals surface area contributed by atoms with Crippen molar-refractivity contribution in [3.8, 4) is 17.1 Å². The number of aromatic nitrogens is 3. The lowest BCUT2D eigenvalue weighted by atomic mass is 9.81. The highest BCUT2D eigenvalue weighted by Gasteiger charge is 2.38. The number of urea groups is 1. The van der Waals surface area contributed by atoms with Gasteiger partial charge in [-0.1, -0.05) is 19.9 Å². The topological polar surface area (TPSA) is 112 Å². The molecule has 0 radical (unpaired) electrons. The van der Waals surface area contributed by atoms with E-state index in [2.05, 4.69) is 25.6 Å². The summed E-state index contributed by atoms with van der Waals surface area (Å²) in [6.07, 6.45) is -1.78. The smallest absolute Gasteiger partial charge is 0.416 e. The minimum Gasteiger partial charge on any atom is -0.488 e. The van der Waals surface area contributed by atoms with Gasteiger partial charge in [-0.15, -0.1) is 24.8 Å². The zero-order valence-electron chi connectivity index (χ0n) is 22.9. The monoisotopic (exact) mass is 604 g/mol. The Morgan fingerprint density at radius 2 is 1.77 bits per heavy atom. The number of anilines is 2. The van der Waals surface area contributed by atoms with Crippen molar-refractivity contribution in [1.29, 1.82) is 0 Å². The van der Waals surface area contributed by atoms with Crippen molar-refractivity contribution in [2.24, 2.45) is 0 Å². The molecule has 3 rings (SSSR count). The maximum absolute atomic E-state index is 13.9. The summed E-state index contributed by atoms with van der Waals surface area (Å²) in [5, 5.41) is 5.01. The van der Waals surface area contributed by atoms with E-state index in [1.165, 1.54) is 30.6 Å². The third kappa shape index (κ3) is 8.57. The van der Waals surface area contributed by atoms with E-state index in [0.29, 0.717) is 24.4 Å². The van der Waals surface area contributed by atoms with Gasteiger partial charge in [-0.05, 0) is 51.7 Å². The summed E-state index contributed by atoms with van der Waals surface area (Å²) in [5.74, 6) is 0.415. The molecule has 2 aromatic heterocycles. The first-order valence-corrected chi connectivity index (χ1v) is 11.8. The third-order valence-corrected chi connectivity index (χ3v) is 5.68. The summed E-state index contributed by atoms with van der Waals surface area (Å²) in [5.41, 5.74) is -0.662. The summed E-state index contributed by atoms with van der Waals surface area (Å²) in [6, 6.07) is 4.54. The molecular weight excluding hydrogens is 572 g/mol. The number of nitrogens with zero attached hydrogens (tertiary/aromatic N) is 3. The number of alkyl halides is 3. The Balaban J connectivity index is 0.00000400. The Kier molecular flexibility index (Phi) is 12.0. The number of hydrogen-bond donors (Lipinski definition) is 3. The summed E-state index contributed by atoms with van der Waals surface area (Å²) < 4.78 is 47.0. The zero-order valence-corrected chi connectivity index (χ0v) is 24.5. The van der Waals surface area contributed by atoms with Crippen LogP contribution in [-0.4, -0.2) is 53.1 Å². The first-order valence-electron chi connectivity index (χ1n) is 11.8. The number of H-pyrrole nitrogens is 1. The van der Waals surface area contributed by atoms with Crippen molar-refractivity contribution in [3.63, 3.8) is 0 Å². The van der Waals surface area contributed by atoms with Gasteiger partial charge in [0.2, 0.25) is 0 Å². The number of aromatic amines is 1. The van der Waals surface area contributed by atoms with Gasteiger partial charge in [0.15, 0.2) is 11.6 Å². The first-order chi connectivity index (χ1) is 17.7. The van der Waals surface area contributed by atoms with Crippen LogP contribution in [0.1, 0.15) is 37.6 Å². The molecule has 0 spiro atoms. The molecule has 14 heteroatoms. The van der Waals surface area contributed by atoms with E-state index in [4.69, 9.17) is 4.74 Å². The SMILES string of the molecule is CCOc1cc(-c2ncc(NC(=O)Nc3ccc(C(C)(C)CN(C)C)c(C(F)(F)F)c3)c(C)n2)c[nH]c1=O.Cl.Cl. The molecule has 0 aliphatic carbocycles. The second-order valence-electron chi connectivity index (χ2n) is 9.67. The number of aryl methyl sites for hydroxylation is 1. The number of ether oxygens (including phenoxy) is 1. The average molecular weight is 605 g/mol. The highest BCUT2D eigenvalue weighted by molar-refractivity contribution is 6.00. The Hall–Kier alpha value is -3.35. The number of nitrogens with one attached hydrogen (secondary N) is 3. The van der Waals surface area contributed by atoms with Crippen molar-refractivity contribution < 1.29 is 22.7 Å². The fourth-order valence-corrected chi connectivity index (χ4v) is 4.19. The molecule has 0 aliphatic rings. The number of benzene rings is 1. The molecule has 40 heavy (non-hydrogen) atoms. The van der Waals surface area contributed by atoms with Crippen molar-refractivity contribution >= 4 is 42.2 Å². The van der Waals surface area contributed by atoms with Crippen LogP contribution in [0.15, 0.2) is 41.5 Å². The van der Waals surface area contributed by atoms with Crippen LogP contribution < -0.4 is 20.9 Å². The van der Waals surface area contributed by atoms with Crippen molar-refractivity contribution in [2.75, 3.05) is 37.9 Å². The number of pyridine rings is 1. The number of likely N-dealkylation sites (N-methyl/N-ethyl adjacent to an activating group) is 1. The summed E-state index contributed by atoms with van der Waals surface area (Å²) in [6.45, 7) is 7.60. The van der Waals surface area contributed by atoms with E-state index in [1.54, 1.807) is 41.8 Å². The summed E-state index contributed by atoms with van der Waals surface area (Å²) in [4.78, 5) is 37.4. The Morgan fingerprint density at radius 3 is 2.35 bits per heavy atom. The van der Waals surface area contributed by atoms with Crippen LogP contribution in [0.3, 0.4) is 0 Å². The minimum absolute atomic E-state index is 0. The normalized spacial score (nSPS) is 11.3. The second kappa shape index (κ2) is 13.8. The van der Waals surface area contributed by atoms with Gasteiger partial charge < -0.3 is 25.3 Å². The van der Waals surface area contributed by atoms with E-state index >= 15 is 0 Å². The van der Waals surface area contributed by atoms with E-state index in [1.807, 2.05) is 4.90 Å². The molecule has 3 aromatic rings. The molecule has 0 bridgehead atoms. The Bertz CT molecular complexity index is 1380. The van der Waals surface area contributed by atoms with Gasteiger partial charge in [-0.3, -0.25) is 4.79 Å². The third-order valence-electron chi connectivity index (χ3n) is 5.68. The lowest BCUT2D eigenvalue weighted by Gasteiger charge is -2.31. The van der Waals surface area contributed by atoms with Gasteiger partial charge in [0.25, 0.3) is 5.56 Å². The van der Waals surface area contributed by atoms with Gasteiger partial charge in [0.05, 0.1) is 29.7 Å². The number of carbonyl (C=O) groups excluding carboxylic acids is 1. The predicted octanol–water partition coefficient (Wildman–Crippen LogP) is 5.88. The maximum Gasteiger partial charge on any atom is 0.416 e. The van der Waals surface area contributed by atoms with Crippen LogP contribution in [0, 0.1) is 6.92 Å². The van der Waals surface area contributed by atoms with Crippen LogP contribution in [0.25, 0.3) is 11.4 Å². The number of hydrogen-bond acceptors (Lipinski definition) is 6. The molecule has 0 fully saturated rings. The minimum atomic E-state index is -4.60. The molecule has 0 unspecified atom stereocenters. The molecule has 0 atom stereocenters.